The highest BCUT2D eigenvalue weighted by Gasteiger charge is 2.27. The van der Waals surface area contributed by atoms with Crippen molar-refractivity contribution in [2.45, 2.75) is 38.6 Å². The summed E-state index contributed by atoms with van der Waals surface area (Å²) in [5.74, 6) is 0.575. The van der Waals surface area contributed by atoms with Crippen molar-refractivity contribution < 1.29 is 4.79 Å². The van der Waals surface area contributed by atoms with Gasteiger partial charge in [0.05, 0.1) is 6.04 Å². The van der Waals surface area contributed by atoms with Gasteiger partial charge in [-0.2, -0.15) is 0 Å². The number of nitrogens with zero attached hydrogens (tertiary/aromatic N) is 2. The molecule has 2 heterocycles. The summed E-state index contributed by atoms with van der Waals surface area (Å²) in [6.45, 7) is 5.89. The van der Waals surface area contributed by atoms with E-state index in [1.54, 1.807) is 0 Å². The lowest BCUT2D eigenvalue weighted by molar-refractivity contribution is -0.121. The molecule has 0 aliphatic carbocycles. The summed E-state index contributed by atoms with van der Waals surface area (Å²) in [6, 6.07) is 13.9. The molecule has 1 amide bonds. The Morgan fingerprint density at radius 1 is 1.21 bits per heavy atom. The molecule has 1 fully saturated rings. The van der Waals surface area contributed by atoms with Crippen LogP contribution in [0.4, 0.5) is 5.69 Å². The number of likely N-dealkylation sites (tertiary alicyclic amines) is 1. The monoisotopic (exact) mass is 323 g/mol. The molecular formula is C20H25N3O. The number of carbonyl (C=O) groups is 1. The van der Waals surface area contributed by atoms with Crippen molar-refractivity contribution in [1.29, 1.82) is 0 Å². The molecule has 3 rings (SSSR count). The molecule has 1 saturated heterocycles. The van der Waals surface area contributed by atoms with Crippen LogP contribution >= 0.6 is 0 Å². The molecule has 1 aromatic carbocycles. The molecule has 1 N–H and O–H groups in total. The average Bonchev–Trinajstić information content (AvgIpc) is 2.62. The highest BCUT2D eigenvalue weighted by molar-refractivity contribution is 5.94. The summed E-state index contributed by atoms with van der Waals surface area (Å²) in [4.78, 5) is 19.3. The molecule has 1 unspecified atom stereocenters. The number of carbonyl (C=O) groups excluding carboxylic acids is 1. The summed E-state index contributed by atoms with van der Waals surface area (Å²) in [7, 11) is 0. The zero-order chi connectivity index (χ0) is 16.9. The highest BCUT2D eigenvalue weighted by atomic mass is 16.2. The van der Waals surface area contributed by atoms with Crippen molar-refractivity contribution in [3.8, 4) is 0 Å². The lowest BCUT2D eigenvalue weighted by Crippen LogP contribution is -2.45. The minimum Gasteiger partial charge on any atom is -0.325 e. The smallest absolute Gasteiger partial charge is 0.241 e. The van der Waals surface area contributed by atoms with Crippen LogP contribution in [-0.4, -0.2) is 34.9 Å². The number of piperidine rings is 1. The number of hydrogen-bond acceptors (Lipinski definition) is 3. The van der Waals surface area contributed by atoms with E-state index in [1.807, 2.05) is 56.4 Å². The van der Waals surface area contributed by atoms with E-state index in [0.717, 1.165) is 37.2 Å². The van der Waals surface area contributed by atoms with Crippen molar-refractivity contribution in [3.05, 3.63) is 59.9 Å². The quantitative estimate of drug-likeness (QED) is 0.935. The Bertz CT molecular complexity index is 678. The fraction of sp³-hybridized carbons (Fsp3) is 0.400. The average molecular weight is 323 g/mol. The first-order valence-corrected chi connectivity index (χ1v) is 8.66. The zero-order valence-electron chi connectivity index (χ0n) is 14.4. The molecule has 4 nitrogen and oxygen atoms in total. The molecule has 0 saturated carbocycles. The number of benzene rings is 1. The topological polar surface area (TPSA) is 45.2 Å². The fourth-order valence-electron chi connectivity index (χ4n) is 3.34. The molecule has 2 aromatic rings. The van der Waals surface area contributed by atoms with Gasteiger partial charge in [-0.15, -0.1) is 0 Å². The number of amides is 1. The third kappa shape index (κ3) is 4.01. The Hall–Kier alpha value is -2.20. The first-order valence-electron chi connectivity index (χ1n) is 8.66. The van der Waals surface area contributed by atoms with E-state index in [2.05, 4.69) is 21.3 Å². The van der Waals surface area contributed by atoms with Crippen molar-refractivity contribution in [1.82, 2.24) is 9.88 Å². The molecule has 1 aliphatic rings. The summed E-state index contributed by atoms with van der Waals surface area (Å²) in [6.07, 6.45) is 3.97. The minimum absolute atomic E-state index is 0.0666. The second kappa shape index (κ2) is 7.58. The molecule has 1 aliphatic heterocycles. The van der Waals surface area contributed by atoms with Crippen LogP contribution in [0.3, 0.4) is 0 Å². The molecule has 0 radical (unpaired) electrons. The van der Waals surface area contributed by atoms with Crippen LogP contribution in [0.15, 0.2) is 48.7 Å². The molecule has 0 spiro atoms. The van der Waals surface area contributed by atoms with Gasteiger partial charge in [0, 0.05) is 23.5 Å². The van der Waals surface area contributed by atoms with Crippen molar-refractivity contribution in [2.24, 2.45) is 0 Å². The van der Waals surface area contributed by atoms with E-state index in [4.69, 9.17) is 0 Å². The standard InChI is InChI=1S/C20H25N3O/c1-15-6-5-7-18(14-15)22-20(24)16(2)23-12-9-17(10-13-23)19-8-3-4-11-21-19/h3-8,11,14,16-17H,9-10,12-13H2,1-2H3,(H,22,24). The van der Waals surface area contributed by atoms with Gasteiger partial charge in [-0.3, -0.25) is 14.7 Å². The molecule has 126 valence electrons. The third-order valence-corrected chi connectivity index (χ3v) is 4.85. The first kappa shape index (κ1) is 16.7. The largest absolute Gasteiger partial charge is 0.325 e. The van der Waals surface area contributed by atoms with E-state index >= 15 is 0 Å². The number of pyridine rings is 1. The van der Waals surface area contributed by atoms with Crippen molar-refractivity contribution >= 4 is 11.6 Å². The molecule has 1 atom stereocenters. The Labute approximate surface area is 143 Å². The zero-order valence-corrected chi connectivity index (χ0v) is 14.4. The Morgan fingerprint density at radius 2 is 2.00 bits per heavy atom. The third-order valence-electron chi connectivity index (χ3n) is 4.85. The maximum atomic E-state index is 12.5. The van der Waals surface area contributed by atoms with Gasteiger partial charge in [0.1, 0.15) is 0 Å². The predicted molar refractivity (Wildman–Crippen MR) is 97.1 cm³/mol. The van der Waals surface area contributed by atoms with Crippen molar-refractivity contribution in [2.75, 3.05) is 18.4 Å². The van der Waals surface area contributed by atoms with Crippen LogP contribution in [0.25, 0.3) is 0 Å². The van der Waals surface area contributed by atoms with Crippen LogP contribution in [0.5, 0.6) is 0 Å². The Morgan fingerprint density at radius 3 is 2.67 bits per heavy atom. The Balaban J connectivity index is 1.55. The van der Waals surface area contributed by atoms with E-state index in [1.165, 1.54) is 5.69 Å². The molecule has 1 aromatic heterocycles. The van der Waals surface area contributed by atoms with E-state index in [0.29, 0.717) is 5.92 Å². The summed E-state index contributed by atoms with van der Waals surface area (Å²) >= 11 is 0. The lowest BCUT2D eigenvalue weighted by atomic mass is 9.92. The molecule has 24 heavy (non-hydrogen) atoms. The number of rotatable bonds is 4. The molecular weight excluding hydrogens is 298 g/mol. The first-order chi connectivity index (χ1) is 11.6. The van der Waals surface area contributed by atoms with Crippen LogP contribution in [-0.2, 0) is 4.79 Å². The van der Waals surface area contributed by atoms with Gasteiger partial charge in [-0.1, -0.05) is 18.2 Å². The van der Waals surface area contributed by atoms with E-state index < -0.39 is 0 Å². The van der Waals surface area contributed by atoms with E-state index in [-0.39, 0.29) is 11.9 Å². The summed E-state index contributed by atoms with van der Waals surface area (Å²) in [5, 5.41) is 3.03. The second-order valence-electron chi connectivity index (χ2n) is 6.60. The molecule has 4 heteroatoms. The summed E-state index contributed by atoms with van der Waals surface area (Å²) < 4.78 is 0. The maximum absolute atomic E-state index is 12.5. The Kier molecular flexibility index (Phi) is 5.26. The molecule has 0 bridgehead atoms. The SMILES string of the molecule is Cc1cccc(NC(=O)C(C)N2CCC(c3ccccn3)CC2)c1. The number of anilines is 1. The van der Waals surface area contributed by atoms with Gasteiger partial charge in [0.15, 0.2) is 0 Å². The van der Waals surface area contributed by atoms with Crippen LogP contribution in [0, 0.1) is 6.92 Å². The van der Waals surface area contributed by atoms with Gasteiger partial charge < -0.3 is 5.32 Å². The van der Waals surface area contributed by atoms with Gasteiger partial charge >= 0.3 is 0 Å². The number of aryl methyl sites for hydroxylation is 1. The van der Waals surface area contributed by atoms with Crippen LogP contribution < -0.4 is 5.32 Å². The predicted octanol–water partition coefficient (Wildman–Crippen LogP) is 3.60. The maximum Gasteiger partial charge on any atom is 0.241 e. The van der Waals surface area contributed by atoms with Gasteiger partial charge in [-0.25, -0.2) is 0 Å². The second-order valence-corrected chi connectivity index (χ2v) is 6.60. The van der Waals surface area contributed by atoms with Crippen molar-refractivity contribution in [3.63, 3.8) is 0 Å². The van der Waals surface area contributed by atoms with Crippen LogP contribution in [0.1, 0.15) is 36.9 Å². The lowest BCUT2D eigenvalue weighted by Gasteiger charge is -2.35. The van der Waals surface area contributed by atoms with Gasteiger partial charge in [0.2, 0.25) is 5.91 Å². The minimum atomic E-state index is -0.116. The summed E-state index contributed by atoms with van der Waals surface area (Å²) in [5.41, 5.74) is 3.20. The highest BCUT2D eigenvalue weighted by Crippen LogP contribution is 2.27. The van der Waals surface area contributed by atoms with E-state index in [9.17, 15) is 4.79 Å². The fourth-order valence-corrected chi connectivity index (χ4v) is 3.34. The number of hydrogen-bond donors (Lipinski definition) is 1. The van der Waals surface area contributed by atoms with Gasteiger partial charge in [-0.05, 0) is 69.6 Å². The van der Waals surface area contributed by atoms with Gasteiger partial charge in [0.25, 0.3) is 0 Å². The van der Waals surface area contributed by atoms with Crippen LogP contribution in [0.2, 0.25) is 0 Å². The number of nitrogens with one attached hydrogen (secondary N) is 1. The number of aromatic nitrogens is 1. The normalized spacial score (nSPS) is 17.4.